The van der Waals surface area contributed by atoms with Gasteiger partial charge >= 0.3 is 0 Å². The second-order valence-corrected chi connectivity index (χ2v) is 3.52. The van der Waals surface area contributed by atoms with Crippen molar-refractivity contribution in [2.45, 2.75) is 6.42 Å². The van der Waals surface area contributed by atoms with Crippen LogP contribution < -0.4 is 5.73 Å². The zero-order valence-corrected chi connectivity index (χ0v) is 9.24. The Hall–Kier alpha value is -2.48. The molecule has 0 radical (unpaired) electrons. The van der Waals surface area contributed by atoms with Gasteiger partial charge in [0.25, 0.3) is 11.6 Å². The molecule has 0 spiro atoms. The van der Waals surface area contributed by atoms with Crippen molar-refractivity contribution >= 4 is 11.4 Å². The SMILES string of the molecule is Nc1ccc(-c2nc(CCO)no2)cc1[N+](=O)[O-]. The van der Waals surface area contributed by atoms with E-state index in [1.807, 2.05) is 0 Å². The zero-order valence-electron chi connectivity index (χ0n) is 9.24. The normalized spacial score (nSPS) is 10.5. The predicted molar refractivity (Wildman–Crippen MR) is 61.6 cm³/mol. The summed E-state index contributed by atoms with van der Waals surface area (Å²) in [7, 11) is 0. The first-order valence-corrected chi connectivity index (χ1v) is 5.09. The average molecular weight is 250 g/mol. The smallest absolute Gasteiger partial charge is 0.292 e. The van der Waals surface area contributed by atoms with Crippen molar-refractivity contribution in [1.29, 1.82) is 0 Å². The number of nitrogens with zero attached hydrogens (tertiary/aromatic N) is 3. The molecule has 94 valence electrons. The van der Waals surface area contributed by atoms with Crippen molar-refractivity contribution in [2.24, 2.45) is 0 Å². The van der Waals surface area contributed by atoms with Crippen molar-refractivity contribution in [3.63, 3.8) is 0 Å². The van der Waals surface area contributed by atoms with Crippen molar-refractivity contribution in [3.05, 3.63) is 34.1 Å². The van der Waals surface area contributed by atoms with Gasteiger partial charge in [-0.05, 0) is 12.1 Å². The Kier molecular flexibility index (Phi) is 3.20. The lowest BCUT2D eigenvalue weighted by Crippen LogP contribution is -1.96. The summed E-state index contributed by atoms with van der Waals surface area (Å²) in [6, 6.07) is 4.23. The number of aromatic nitrogens is 2. The minimum atomic E-state index is -0.580. The van der Waals surface area contributed by atoms with Gasteiger partial charge in [-0.3, -0.25) is 10.1 Å². The highest BCUT2D eigenvalue weighted by atomic mass is 16.6. The summed E-state index contributed by atoms with van der Waals surface area (Å²) in [5, 5.41) is 23.1. The first kappa shape index (κ1) is 12.0. The summed E-state index contributed by atoms with van der Waals surface area (Å²) in [6.45, 7) is -0.0964. The van der Waals surface area contributed by atoms with E-state index in [1.54, 1.807) is 6.07 Å². The highest BCUT2D eigenvalue weighted by Gasteiger charge is 2.16. The molecule has 0 bridgehead atoms. The van der Waals surface area contributed by atoms with Crippen LogP contribution in [0.1, 0.15) is 5.82 Å². The van der Waals surface area contributed by atoms with Gasteiger partial charge in [0.15, 0.2) is 5.82 Å². The van der Waals surface area contributed by atoms with Crippen LogP contribution in [-0.2, 0) is 6.42 Å². The van der Waals surface area contributed by atoms with Gasteiger partial charge in [0.1, 0.15) is 5.69 Å². The van der Waals surface area contributed by atoms with Gasteiger partial charge in [-0.25, -0.2) is 0 Å². The van der Waals surface area contributed by atoms with Crippen LogP contribution in [0.4, 0.5) is 11.4 Å². The fourth-order valence-corrected chi connectivity index (χ4v) is 1.41. The maximum Gasteiger partial charge on any atom is 0.292 e. The molecule has 0 amide bonds. The molecule has 0 unspecified atom stereocenters. The number of aliphatic hydroxyl groups is 1. The number of nitro benzene ring substituents is 1. The lowest BCUT2D eigenvalue weighted by Gasteiger charge is -1.98. The summed E-state index contributed by atoms with van der Waals surface area (Å²) in [5.41, 5.74) is 5.74. The molecule has 2 aromatic rings. The Labute approximate surface area is 101 Å². The average Bonchev–Trinajstić information content (AvgIpc) is 2.78. The standard InChI is InChI=1S/C10H10N4O4/c11-7-2-1-6(5-8(7)14(16)17)10-12-9(3-4-15)13-18-10/h1-2,5,15H,3-4,11H2. The fraction of sp³-hybridized carbons (Fsp3) is 0.200. The minimum Gasteiger partial charge on any atom is -0.396 e. The van der Waals surface area contributed by atoms with Crippen LogP contribution in [0.15, 0.2) is 22.7 Å². The molecule has 3 N–H and O–H groups in total. The van der Waals surface area contributed by atoms with E-state index in [0.717, 1.165) is 0 Å². The van der Waals surface area contributed by atoms with Crippen LogP contribution in [-0.4, -0.2) is 26.8 Å². The largest absolute Gasteiger partial charge is 0.396 e. The number of aliphatic hydroxyl groups excluding tert-OH is 1. The number of nitrogen functional groups attached to an aromatic ring is 1. The third-order valence-corrected chi connectivity index (χ3v) is 2.28. The second kappa shape index (κ2) is 4.80. The Balaban J connectivity index is 2.38. The van der Waals surface area contributed by atoms with Crippen molar-refractivity contribution in [1.82, 2.24) is 10.1 Å². The molecule has 0 aliphatic carbocycles. The third-order valence-electron chi connectivity index (χ3n) is 2.28. The second-order valence-electron chi connectivity index (χ2n) is 3.52. The first-order chi connectivity index (χ1) is 8.61. The number of hydrogen-bond acceptors (Lipinski definition) is 7. The summed E-state index contributed by atoms with van der Waals surface area (Å²) < 4.78 is 4.94. The van der Waals surface area contributed by atoms with Crippen LogP contribution >= 0.6 is 0 Å². The number of anilines is 1. The Morgan fingerprint density at radius 3 is 2.94 bits per heavy atom. The van der Waals surface area contributed by atoms with Crippen molar-refractivity contribution in [3.8, 4) is 11.5 Å². The molecule has 2 rings (SSSR count). The number of rotatable bonds is 4. The minimum absolute atomic E-state index is 0.0684. The molecule has 0 saturated carbocycles. The van der Waals surface area contributed by atoms with E-state index >= 15 is 0 Å². The molecule has 18 heavy (non-hydrogen) atoms. The van der Waals surface area contributed by atoms with Gasteiger partial charge < -0.3 is 15.4 Å². The molecule has 8 heteroatoms. The maximum absolute atomic E-state index is 10.7. The number of benzene rings is 1. The van der Waals surface area contributed by atoms with E-state index in [4.69, 9.17) is 15.4 Å². The van der Waals surface area contributed by atoms with Crippen LogP contribution in [0, 0.1) is 10.1 Å². The molecule has 1 heterocycles. The zero-order chi connectivity index (χ0) is 13.1. The van der Waals surface area contributed by atoms with E-state index in [-0.39, 0.29) is 30.3 Å². The molecule has 0 fully saturated rings. The van der Waals surface area contributed by atoms with Crippen LogP contribution in [0.5, 0.6) is 0 Å². The van der Waals surface area contributed by atoms with Gasteiger partial charge in [0.2, 0.25) is 0 Å². The summed E-state index contributed by atoms with van der Waals surface area (Å²) >= 11 is 0. The third kappa shape index (κ3) is 2.28. The van der Waals surface area contributed by atoms with E-state index in [2.05, 4.69) is 10.1 Å². The van der Waals surface area contributed by atoms with Gasteiger partial charge in [-0.2, -0.15) is 4.98 Å². The lowest BCUT2D eigenvalue weighted by atomic mass is 10.2. The van der Waals surface area contributed by atoms with E-state index in [9.17, 15) is 10.1 Å². The predicted octanol–water partition coefficient (Wildman–Crippen LogP) is 0.762. The summed E-state index contributed by atoms with van der Waals surface area (Å²) in [5.74, 6) is 0.494. The fourth-order valence-electron chi connectivity index (χ4n) is 1.41. The van der Waals surface area contributed by atoms with Crippen LogP contribution in [0.2, 0.25) is 0 Å². The first-order valence-electron chi connectivity index (χ1n) is 5.09. The Morgan fingerprint density at radius 2 is 2.28 bits per heavy atom. The molecule has 8 nitrogen and oxygen atoms in total. The summed E-state index contributed by atoms with van der Waals surface area (Å²) in [6.07, 6.45) is 0.264. The van der Waals surface area contributed by atoms with Crippen LogP contribution in [0.25, 0.3) is 11.5 Å². The van der Waals surface area contributed by atoms with Crippen LogP contribution in [0.3, 0.4) is 0 Å². The summed E-state index contributed by atoms with van der Waals surface area (Å²) in [4.78, 5) is 14.2. The molecular formula is C10H10N4O4. The van der Waals surface area contributed by atoms with Crippen molar-refractivity contribution < 1.29 is 14.6 Å². The van der Waals surface area contributed by atoms with E-state index in [0.29, 0.717) is 11.4 Å². The van der Waals surface area contributed by atoms with Gasteiger partial charge in [0, 0.05) is 18.1 Å². The molecule has 0 aliphatic rings. The molecule has 1 aromatic carbocycles. The van der Waals surface area contributed by atoms with Gasteiger partial charge in [-0.15, -0.1) is 0 Å². The van der Waals surface area contributed by atoms with E-state index in [1.165, 1.54) is 12.1 Å². The molecule has 0 aliphatic heterocycles. The molecular weight excluding hydrogens is 240 g/mol. The topological polar surface area (TPSA) is 128 Å². The van der Waals surface area contributed by atoms with E-state index < -0.39 is 4.92 Å². The molecule has 0 saturated heterocycles. The lowest BCUT2D eigenvalue weighted by molar-refractivity contribution is -0.383. The van der Waals surface area contributed by atoms with Gasteiger partial charge in [-0.1, -0.05) is 5.16 Å². The van der Waals surface area contributed by atoms with Gasteiger partial charge in [0.05, 0.1) is 11.5 Å². The number of nitrogens with two attached hydrogens (primary N) is 1. The Morgan fingerprint density at radius 1 is 1.50 bits per heavy atom. The Bertz CT molecular complexity index is 581. The number of nitro groups is 1. The molecule has 1 aromatic heterocycles. The maximum atomic E-state index is 10.7. The van der Waals surface area contributed by atoms with Crippen molar-refractivity contribution in [2.75, 3.05) is 12.3 Å². The number of hydrogen-bond donors (Lipinski definition) is 2. The highest BCUT2D eigenvalue weighted by Crippen LogP contribution is 2.27. The molecule has 0 atom stereocenters. The monoisotopic (exact) mass is 250 g/mol. The highest BCUT2D eigenvalue weighted by molar-refractivity contribution is 5.67. The quantitative estimate of drug-likeness (QED) is 0.465.